The SMILES string of the molecule is [C-]#[N+]c1ccc(CCCC(=O)O)c(NC(=O)[C@@H]2C[C@]23CC(C)(C)c2ccc(C(=O)NC)cc23)c1. The fourth-order valence-electron chi connectivity index (χ4n) is 5.57. The van der Waals surface area contributed by atoms with Gasteiger partial charge in [-0.25, -0.2) is 4.85 Å². The zero-order chi connectivity index (χ0) is 24.7. The average Bonchev–Trinajstić information content (AvgIpc) is 3.47. The number of fused-ring (bicyclic) bond motifs is 2. The van der Waals surface area contributed by atoms with Crippen molar-refractivity contribution in [3.8, 4) is 0 Å². The minimum atomic E-state index is -0.859. The molecule has 2 aromatic rings. The van der Waals surface area contributed by atoms with E-state index in [0.717, 1.165) is 17.5 Å². The maximum atomic E-state index is 13.4. The van der Waals surface area contributed by atoms with Gasteiger partial charge < -0.3 is 15.7 Å². The van der Waals surface area contributed by atoms with E-state index >= 15 is 0 Å². The van der Waals surface area contributed by atoms with Crippen LogP contribution in [0.1, 0.15) is 66.6 Å². The molecule has 2 aromatic carbocycles. The van der Waals surface area contributed by atoms with E-state index in [-0.39, 0.29) is 35.0 Å². The molecular formula is C27H29N3O4. The number of rotatable bonds is 7. The molecule has 2 atom stereocenters. The molecule has 0 aliphatic heterocycles. The maximum absolute atomic E-state index is 13.4. The van der Waals surface area contributed by atoms with Crippen LogP contribution in [0.3, 0.4) is 0 Å². The van der Waals surface area contributed by atoms with Crippen molar-refractivity contribution in [1.82, 2.24) is 5.32 Å². The van der Waals surface area contributed by atoms with Crippen LogP contribution >= 0.6 is 0 Å². The number of hydrogen-bond acceptors (Lipinski definition) is 3. The third-order valence-electron chi connectivity index (χ3n) is 7.24. The van der Waals surface area contributed by atoms with Crippen molar-refractivity contribution in [2.45, 2.75) is 56.8 Å². The molecule has 7 nitrogen and oxygen atoms in total. The molecule has 4 rings (SSSR count). The first-order valence-electron chi connectivity index (χ1n) is 11.5. The molecule has 3 N–H and O–H groups in total. The number of hydrogen-bond donors (Lipinski definition) is 3. The standard InChI is InChI=1S/C27H29N3O4/c1-26(2)15-27(20-12-17(24(33)29-4)9-11-19(20)26)14-21(27)25(34)30-22-13-18(28-3)10-8-16(22)6-5-7-23(31)32/h8-13,21H,5-7,14-15H2,1-2,4H3,(H,29,33)(H,30,34)(H,31,32)/t21-,27+/m0/s1. The Balaban J connectivity index is 1.59. The molecule has 2 aliphatic rings. The summed E-state index contributed by atoms with van der Waals surface area (Å²) in [6.45, 7) is 11.7. The van der Waals surface area contributed by atoms with Gasteiger partial charge in [0, 0.05) is 36.1 Å². The zero-order valence-corrected chi connectivity index (χ0v) is 19.7. The molecule has 1 saturated carbocycles. The van der Waals surface area contributed by atoms with E-state index < -0.39 is 5.97 Å². The number of carboxylic acids is 1. The first kappa shape index (κ1) is 23.5. The van der Waals surface area contributed by atoms with Crippen LogP contribution in [0.15, 0.2) is 36.4 Å². The quantitative estimate of drug-likeness (QED) is 0.528. The summed E-state index contributed by atoms with van der Waals surface area (Å²) < 4.78 is 0. The van der Waals surface area contributed by atoms with Crippen molar-refractivity contribution in [1.29, 1.82) is 0 Å². The van der Waals surface area contributed by atoms with Gasteiger partial charge in [0.2, 0.25) is 5.91 Å². The molecule has 7 heteroatoms. The predicted octanol–water partition coefficient (Wildman–Crippen LogP) is 4.58. The highest BCUT2D eigenvalue weighted by Crippen LogP contribution is 2.66. The largest absolute Gasteiger partial charge is 0.481 e. The number of carbonyl (C=O) groups excluding carboxylic acids is 2. The Kier molecular flexibility index (Phi) is 5.94. The minimum absolute atomic E-state index is 0.0449. The fourth-order valence-corrected chi connectivity index (χ4v) is 5.57. The zero-order valence-electron chi connectivity index (χ0n) is 19.7. The second kappa shape index (κ2) is 8.60. The summed E-state index contributed by atoms with van der Waals surface area (Å²) in [5.41, 5.74) is 4.27. The lowest BCUT2D eigenvalue weighted by atomic mass is 9.85. The lowest BCUT2D eigenvalue weighted by molar-refractivity contribution is -0.137. The summed E-state index contributed by atoms with van der Waals surface area (Å²) in [4.78, 5) is 40.0. The van der Waals surface area contributed by atoms with E-state index in [9.17, 15) is 14.4 Å². The van der Waals surface area contributed by atoms with Gasteiger partial charge in [-0.3, -0.25) is 14.4 Å². The number of nitrogens with zero attached hydrogens (tertiary/aromatic N) is 1. The first-order valence-corrected chi connectivity index (χ1v) is 11.5. The Morgan fingerprint density at radius 2 is 1.91 bits per heavy atom. The summed E-state index contributed by atoms with van der Waals surface area (Å²) in [5, 5.41) is 14.6. The topological polar surface area (TPSA) is 99.9 Å². The van der Waals surface area contributed by atoms with Gasteiger partial charge >= 0.3 is 5.97 Å². The number of aliphatic carboxylic acids is 1. The highest BCUT2D eigenvalue weighted by molar-refractivity contribution is 5.98. The molecule has 176 valence electrons. The lowest BCUT2D eigenvalue weighted by Gasteiger charge is -2.19. The van der Waals surface area contributed by atoms with Crippen LogP contribution in [-0.4, -0.2) is 29.9 Å². The van der Waals surface area contributed by atoms with Gasteiger partial charge in [0.05, 0.1) is 6.57 Å². The molecule has 0 heterocycles. The minimum Gasteiger partial charge on any atom is -0.481 e. The molecule has 2 amide bonds. The Morgan fingerprint density at radius 3 is 2.59 bits per heavy atom. The predicted molar refractivity (Wildman–Crippen MR) is 129 cm³/mol. The summed E-state index contributed by atoms with van der Waals surface area (Å²) in [6, 6.07) is 10.9. The van der Waals surface area contributed by atoms with Crippen LogP contribution in [0.4, 0.5) is 11.4 Å². The summed E-state index contributed by atoms with van der Waals surface area (Å²) in [7, 11) is 1.61. The molecule has 0 saturated heterocycles. The third kappa shape index (κ3) is 4.16. The van der Waals surface area contributed by atoms with Crippen LogP contribution in [0.25, 0.3) is 4.85 Å². The van der Waals surface area contributed by atoms with E-state index in [1.807, 2.05) is 18.2 Å². The van der Waals surface area contributed by atoms with Gasteiger partial charge in [-0.2, -0.15) is 0 Å². The van der Waals surface area contributed by atoms with E-state index in [4.69, 9.17) is 11.7 Å². The van der Waals surface area contributed by atoms with Crippen LogP contribution in [-0.2, 0) is 26.8 Å². The highest BCUT2D eigenvalue weighted by Gasteiger charge is 2.65. The number of aryl methyl sites for hydroxylation is 1. The van der Waals surface area contributed by atoms with Crippen molar-refractivity contribution in [2.75, 3.05) is 12.4 Å². The number of nitrogens with one attached hydrogen (secondary N) is 2. The molecule has 1 spiro atoms. The van der Waals surface area contributed by atoms with Gasteiger partial charge in [0.25, 0.3) is 5.91 Å². The van der Waals surface area contributed by atoms with Crippen molar-refractivity contribution in [2.24, 2.45) is 5.92 Å². The molecule has 0 unspecified atom stereocenters. The number of carbonyl (C=O) groups is 3. The molecular weight excluding hydrogens is 430 g/mol. The van der Waals surface area contributed by atoms with Crippen LogP contribution in [0.2, 0.25) is 0 Å². The second-order valence-corrected chi connectivity index (χ2v) is 10.0. The lowest BCUT2D eigenvalue weighted by Crippen LogP contribution is -2.22. The van der Waals surface area contributed by atoms with Crippen LogP contribution in [0, 0.1) is 12.5 Å². The fraction of sp³-hybridized carbons (Fsp3) is 0.407. The Hall–Kier alpha value is -3.66. The Bertz CT molecular complexity index is 1230. The van der Waals surface area contributed by atoms with Crippen LogP contribution < -0.4 is 10.6 Å². The molecule has 34 heavy (non-hydrogen) atoms. The normalized spacial score (nSPS) is 21.4. The number of benzene rings is 2. The smallest absolute Gasteiger partial charge is 0.303 e. The average molecular weight is 460 g/mol. The van der Waals surface area contributed by atoms with Crippen molar-refractivity contribution >= 4 is 29.2 Å². The second-order valence-electron chi connectivity index (χ2n) is 10.0. The van der Waals surface area contributed by atoms with E-state index in [1.54, 1.807) is 25.2 Å². The van der Waals surface area contributed by atoms with Crippen molar-refractivity contribution in [3.63, 3.8) is 0 Å². The number of carboxylic acid groups (broad SMARTS) is 1. The highest BCUT2D eigenvalue weighted by atomic mass is 16.4. The summed E-state index contributed by atoms with van der Waals surface area (Å²) >= 11 is 0. The first-order chi connectivity index (χ1) is 16.1. The monoisotopic (exact) mass is 459 g/mol. The molecule has 2 aliphatic carbocycles. The summed E-state index contributed by atoms with van der Waals surface area (Å²) in [6.07, 6.45) is 2.54. The molecule has 0 radical (unpaired) electrons. The van der Waals surface area contributed by atoms with Gasteiger partial charge in [0.1, 0.15) is 0 Å². The maximum Gasteiger partial charge on any atom is 0.303 e. The van der Waals surface area contributed by atoms with Gasteiger partial charge in [0.15, 0.2) is 5.69 Å². The summed E-state index contributed by atoms with van der Waals surface area (Å²) in [5.74, 6) is -1.33. The van der Waals surface area contributed by atoms with Gasteiger partial charge in [-0.05, 0) is 66.0 Å². The number of amides is 2. The third-order valence-corrected chi connectivity index (χ3v) is 7.24. The van der Waals surface area contributed by atoms with E-state index in [1.165, 1.54) is 5.56 Å². The van der Waals surface area contributed by atoms with Gasteiger partial charge in [-0.1, -0.05) is 32.0 Å². The molecule has 1 fully saturated rings. The molecule has 0 aromatic heterocycles. The Labute approximate surface area is 199 Å². The molecule has 0 bridgehead atoms. The van der Waals surface area contributed by atoms with E-state index in [0.29, 0.717) is 36.2 Å². The van der Waals surface area contributed by atoms with Crippen molar-refractivity contribution in [3.05, 3.63) is 70.1 Å². The van der Waals surface area contributed by atoms with Crippen molar-refractivity contribution < 1.29 is 19.5 Å². The Morgan fingerprint density at radius 1 is 1.15 bits per heavy atom. The van der Waals surface area contributed by atoms with Crippen LogP contribution in [0.5, 0.6) is 0 Å². The van der Waals surface area contributed by atoms with Gasteiger partial charge in [-0.15, -0.1) is 0 Å². The number of anilines is 1. The van der Waals surface area contributed by atoms with E-state index in [2.05, 4.69) is 29.3 Å².